The monoisotopic (exact) mass is 608 g/mol. The van der Waals surface area contributed by atoms with Gasteiger partial charge in [0.2, 0.25) is 5.91 Å². The first kappa shape index (κ1) is 26.2. The van der Waals surface area contributed by atoms with E-state index in [-0.39, 0.29) is 17.2 Å². The second-order valence-electron chi connectivity index (χ2n) is 7.55. The molecule has 184 valence electrons. The molecule has 0 unspecified atom stereocenters. The largest absolute Gasteiger partial charge is 0.488 e. The van der Waals surface area contributed by atoms with Gasteiger partial charge in [0.1, 0.15) is 24.7 Å². The summed E-state index contributed by atoms with van der Waals surface area (Å²) in [4.78, 5) is 38.4. The predicted molar refractivity (Wildman–Crippen MR) is 143 cm³/mol. The summed E-state index contributed by atoms with van der Waals surface area (Å²) >= 11 is 16.2. The van der Waals surface area contributed by atoms with E-state index in [1.807, 2.05) is 6.07 Å². The average molecular weight is 610 g/mol. The molecule has 0 bridgehead atoms. The number of carbonyl (C=O) groups excluding carboxylic acids is 3. The lowest BCUT2D eigenvalue weighted by Crippen LogP contribution is -2.36. The Kier molecular flexibility index (Phi) is 8.35. The molecule has 1 fully saturated rings. The summed E-state index contributed by atoms with van der Waals surface area (Å²) in [6, 6.07) is 15.8. The van der Waals surface area contributed by atoms with E-state index in [9.17, 15) is 18.8 Å². The summed E-state index contributed by atoms with van der Waals surface area (Å²) in [5.41, 5.74) is 1.72. The molecule has 0 atom stereocenters. The maximum absolute atomic E-state index is 13.3. The quantitative estimate of drug-likeness (QED) is 0.288. The molecule has 1 heterocycles. The number of rotatable bonds is 7. The Balaban J connectivity index is 1.40. The van der Waals surface area contributed by atoms with Crippen molar-refractivity contribution in [2.75, 3.05) is 11.9 Å². The zero-order valence-corrected chi connectivity index (χ0v) is 22.2. The van der Waals surface area contributed by atoms with E-state index < -0.39 is 29.4 Å². The van der Waals surface area contributed by atoms with Crippen LogP contribution in [0.5, 0.6) is 5.75 Å². The lowest BCUT2D eigenvalue weighted by Gasteiger charge is -2.12. The van der Waals surface area contributed by atoms with E-state index in [1.165, 1.54) is 18.2 Å². The minimum atomic E-state index is -0.615. The van der Waals surface area contributed by atoms with Crippen LogP contribution in [0.3, 0.4) is 0 Å². The van der Waals surface area contributed by atoms with Gasteiger partial charge in [-0.3, -0.25) is 19.3 Å². The van der Waals surface area contributed by atoms with Gasteiger partial charge in [0, 0.05) is 5.69 Å². The van der Waals surface area contributed by atoms with Crippen molar-refractivity contribution in [3.8, 4) is 5.75 Å². The normalized spacial score (nSPS) is 14.4. The number of nitrogens with one attached hydrogen (secondary N) is 1. The number of halogens is 4. The summed E-state index contributed by atoms with van der Waals surface area (Å²) in [7, 11) is 0. The van der Waals surface area contributed by atoms with Crippen molar-refractivity contribution in [2.45, 2.75) is 6.61 Å². The van der Waals surface area contributed by atoms with Gasteiger partial charge in [-0.25, -0.2) is 4.39 Å². The van der Waals surface area contributed by atoms with Crippen LogP contribution in [-0.2, 0) is 16.2 Å². The molecule has 0 saturated carbocycles. The lowest BCUT2D eigenvalue weighted by atomic mass is 10.2. The Hall–Kier alpha value is -2.85. The number of amides is 3. The Morgan fingerprint density at radius 3 is 2.61 bits per heavy atom. The molecule has 1 aliphatic rings. The molecule has 0 aliphatic carbocycles. The second-order valence-corrected chi connectivity index (χ2v) is 10.2. The highest BCUT2D eigenvalue weighted by atomic mass is 79.9. The van der Waals surface area contributed by atoms with Crippen molar-refractivity contribution in [3.05, 3.63) is 97.0 Å². The molecule has 6 nitrogen and oxygen atoms in total. The number of benzene rings is 3. The fraction of sp³-hybridized carbons (Fsp3) is 0.0800. The zero-order chi connectivity index (χ0) is 25.8. The van der Waals surface area contributed by atoms with Gasteiger partial charge in [0.15, 0.2) is 0 Å². The Labute approximate surface area is 228 Å². The number of thioether (sulfide) groups is 1. The minimum Gasteiger partial charge on any atom is -0.488 e. The van der Waals surface area contributed by atoms with Crippen LogP contribution in [0.4, 0.5) is 14.9 Å². The topological polar surface area (TPSA) is 75.7 Å². The van der Waals surface area contributed by atoms with Crippen LogP contribution in [0.25, 0.3) is 6.08 Å². The van der Waals surface area contributed by atoms with E-state index in [2.05, 4.69) is 21.2 Å². The van der Waals surface area contributed by atoms with Crippen LogP contribution in [-0.4, -0.2) is 28.5 Å². The maximum Gasteiger partial charge on any atom is 0.294 e. The fourth-order valence-corrected chi connectivity index (χ4v) is 4.88. The highest BCUT2D eigenvalue weighted by Gasteiger charge is 2.36. The fourth-order valence-electron chi connectivity index (χ4n) is 3.21. The van der Waals surface area contributed by atoms with Crippen molar-refractivity contribution in [3.63, 3.8) is 0 Å². The summed E-state index contributed by atoms with van der Waals surface area (Å²) in [5, 5.41) is 2.80. The average Bonchev–Trinajstić information content (AvgIpc) is 3.08. The van der Waals surface area contributed by atoms with Crippen LogP contribution < -0.4 is 10.1 Å². The smallest absolute Gasteiger partial charge is 0.294 e. The molecule has 1 N–H and O–H groups in total. The van der Waals surface area contributed by atoms with E-state index in [0.717, 1.165) is 28.3 Å². The molecule has 3 aromatic rings. The molecule has 0 aromatic heterocycles. The van der Waals surface area contributed by atoms with Crippen LogP contribution >= 0.6 is 50.9 Å². The van der Waals surface area contributed by atoms with Crippen molar-refractivity contribution < 1.29 is 23.5 Å². The molecule has 1 aliphatic heterocycles. The number of hydrogen-bond acceptors (Lipinski definition) is 5. The minimum absolute atomic E-state index is 0.176. The molecular weight excluding hydrogens is 594 g/mol. The van der Waals surface area contributed by atoms with Gasteiger partial charge < -0.3 is 10.1 Å². The highest BCUT2D eigenvalue weighted by Crippen LogP contribution is 2.34. The molecule has 3 amide bonds. The van der Waals surface area contributed by atoms with E-state index in [1.54, 1.807) is 36.4 Å². The Bertz CT molecular complexity index is 1400. The summed E-state index contributed by atoms with van der Waals surface area (Å²) < 4.78 is 19.8. The molecule has 4 rings (SSSR count). The highest BCUT2D eigenvalue weighted by molar-refractivity contribution is 9.10. The molecule has 0 radical (unpaired) electrons. The van der Waals surface area contributed by atoms with Gasteiger partial charge in [-0.2, -0.15) is 0 Å². The van der Waals surface area contributed by atoms with Crippen molar-refractivity contribution in [1.29, 1.82) is 0 Å². The van der Waals surface area contributed by atoms with Gasteiger partial charge in [-0.15, -0.1) is 0 Å². The first-order chi connectivity index (χ1) is 17.2. The van der Waals surface area contributed by atoms with Gasteiger partial charge >= 0.3 is 0 Å². The van der Waals surface area contributed by atoms with Crippen molar-refractivity contribution in [2.24, 2.45) is 0 Å². The van der Waals surface area contributed by atoms with E-state index in [4.69, 9.17) is 27.9 Å². The molecular formula is C25H16BrCl2FN2O4S. The van der Waals surface area contributed by atoms with Gasteiger partial charge in [0.05, 0.1) is 19.4 Å². The predicted octanol–water partition coefficient (Wildman–Crippen LogP) is 7.15. The number of hydrogen-bond donors (Lipinski definition) is 1. The Morgan fingerprint density at radius 1 is 1.08 bits per heavy atom. The SMILES string of the molecule is O=C(CN1C(=O)S/C(=C/c2ccc(OCc3ccc(Cl)c(Cl)c3)c(Br)c2)C1=O)Nc1cccc(F)c1. The van der Waals surface area contributed by atoms with Crippen molar-refractivity contribution in [1.82, 2.24) is 4.90 Å². The number of anilines is 1. The number of carbonyl (C=O) groups is 3. The number of nitrogens with zero attached hydrogens (tertiary/aromatic N) is 1. The number of ether oxygens (including phenoxy) is 1. The van der Waals surface area contributed by atoms with Gasteiger partial charge in [-0.05, 0) is 87.4 Å². The Morgan fingerprint density at radius 2 is 1.89 bits per heavy atom. The van der Waals surface area contributed by atoms with Crippen LogP contribution in [0.2, 0.25) is 10.0 Å². The number of imide groups is 1. The molecule has 11 heteroatoms. The zero-order valence-electron chi connectivity index (χ0n) is 18.3. The summed E-state index contributed by atoms with van der Waals surface area (Å²) in [6.45, 7) is -0.213. The van der Waals surface area contributed by atoms with Crippen LogP contribution in [0, 0.1) is 5.82 Å². The van der Waals surface area contributed by atoms with Gasteiger partial charge in [-0.1, -0.05) is 41.4 Å². The maximum atomic E-state index is 13.3. The lowest BCUT2D eigenvalue weighted by molar-refractivity contribution is -0.127. The van der Waals surface area contributed by atoms with Crippen LogP contribution in [0.15, 0.2) is 70.0 Å². The first-order valence-electron chi connectivity index (χ1n) is 10.4. The van der Waals surface area contributed by atoms with Crippen molar-refractivity contribution >= 4 is 79.7 Å². The second kappa shape index (κ2) is 11.5. The van der Waals surface area contributed by atoms with Gasteiger partial charge in [0.25, 0.3) is 11.1 Å². The molecule has 36 heavy (non-hydrogen) atoms. The molecule has 0 spiro atoms. The third-order valence-electron chi connectivity index (χ3n) is 4.92. The third-order valence-corrected chi connectivity index (χ3v) is 7.18. The summed E-state index contributed by atoms with van der Waals surface area (Å²) in [6.07, 6.45) is 1.56. The summed E-state index contributed by atoms with van der Waals surface area (Å²) in [5.74, 6) is -1.15. The molecule has 3 aromatic carbocycles. The third kappa shape index (κ3) is 6.47. The standard InChI is InChI=1S/C25H16BrCl2FN2O4S/c26-18-8-14(5-7-21(18)35-13-15-4-6-19(27)20(28)9-15)10-22-24(33)31(25(34)36-22)12-23(32)30-17-3-1-2-16(29)11-17/h1-11H,12-13H2,(H,30,32)/b22-10+. The first-order valence-corrected chi connectivity index (χ1v) is 12.7. The van der Waals surface area contributed by atoms with Crippen LogP contribution in [0.1, 0.15) is 11.1 Å². The van der Waals surface area contributed by atoms with E-state index >= 15 is 0 Å². The molecule has 1 saturated heterocycles. The van der Waals surface area contributed by atoms with E-state index in [0.29, 0.717) is 25.8 Å².